The third-order valence-electron chi connectivity index (χ3n) is 5.50. The molecule has 1 amide bonds. The van der Waals surface area contributed by atoms with Gasteiger partial charge >= 0.3 is 0 Å². The fourth-order valence-electron chi connectivity index (χ4n) is 3.85. The predicted octanol–water partition coefficient (Wildman–Crippen LogP) is 3.82. The second-order valence-corrected chi connectivity index (χ2v) is 10.6. The molecule has 162 valence electrons. The summed E-state index contributed by atoms with van der Waals surface area (Å²) >= 11 is 1.49. The van der Waals surface area contributed by atoms with Gasteiger partial charge < -0.3 is 10.1 Å². The molecule has 0 unspecified atom stereocenters. The van der Waals surface area contributed by atoms with Crippen molar-refractivity contribution in [1.29, 1.82) is 0 Å². The molecule has 1 aliphatic heterocycles. The number of hydrogen-bond donors (Lipinski definition) is 1. The number of fused-ring (bicyclic) bond motifs is 1. The van der Waals surface area contributed by atoms with Crippen molar-refractivity contribution in [2.24, 2.45) is 0 Å². The minimum atomic E-state index is -4.00. The molecule has 1 aliphatic carbocycles. The van der Waals surface area contributed by atoms with Gasteiger partial charge in [-0.05, 0) is 55.5 Å². The van der Waals surface area contributed by atoms with Crippen LogP contribution in [0.4, 0.5) is 10.1 Å². The van der Waals surface area contributed by atoms with Crippen LogP contribution in [0.2, 0.25) is 0 Å². The highest BCUT2D eigenvalue weighted by atomic mass is 32.2. The Morgan fingerprint density at radius 1 is 1.07 bits per heavy atom. The molecule has 0 saturated carbocycles. The van der Waals surface area contributed by atoms with Crippen molar-refractivity contribution in [3.63, 3.8) is 0 Å². The van der Waals surface area contributed by atoms with Gasteiger partial charge in [0.05, 0.1) is 18.1 Å². The van der Waals surface area contributed by atoms with Crippen LogP contribution in [0, 0.1) is 5.82 Å². The Balaban J connectivity index is 1.54. The van der Waals surface area contributed by atoms with Gasteiger partial charge in [-0.3, -0.25) is 4.79 Å². The van der Waals surface area contributed by atoms with E-state index in [1.54, 1.807) is 0 Å². The van der Waals surface area contributed by atoms with Crippen LogP contribution in [0.5, 0.6) is 0 Å². The van der Waals surface area contributed by atoms with Crippen LogP contribution in [-0.2, 0) is 27.6 Å². The average molecular weight is 453 g/mol. The molecule has 30 heavy (non-hydrogen) atoms. The van der Waals surface area contributed by atoms with Crippen LogP contribution in [0.1, 0.15) is 45.8 Å². The van der Waals surface area contributed by atoms with E-state index in [1.165, 1.54) is 51.1 Å². The Bertz CT molecular complexity index is 1000. The summed E-state index contributed by atoms with van der Waals surface area (Å²) in [6, 6.07) is 5.60. The monoisotopic (exact) mass is 452 g/mol. The lowest BCUT2D eigenvalue weighted by Gasteiger charge is -2.26. The SMILES string of the molecule is O=C(Nc1ccc(F)c(S(=O)(=O)N2CCOCC2)c1)c1cc2c(s1)CCCCCC2. The first-order valence-electron chi connectivity index (χ1n) is 10.3. The van der Waals surface area contributed by atoms with E-state index >= 15 is 0 Å². The number of amides is 1. The molecule has 0 radical (unpaired) electrons. The fourth-order valence-corrected chi connectivity index (χ4v) is 6.50. The summed E-state index contributed by atoms with van der Waals surface area (Å²) in [5.74, 6) is -1.13. The maximum atomic E-state index is 14.4. The van der Waals surface area contributed by atoms with Gasteiger partial charge in [0, 0.05) is 23.7 Å². The third-order valence-corrected chi connectivity index (χ3v) is 8.65. The molecule has 0 spiro atoms. The molecule has 2 aliphatic rings. The van der Waals surface area contributed by atoms with Crippen molar-refractivity contribution in [3.05, 3.63) is 45.4 Å². The lowest BCUT2D eigenvalue weighted by Crippen LogP contribution is -2.40. The smallest absolute Gasteiger partial charge is 0.265 e. The molecule has 0 bridgehead atoms. The van der Waals surface area contributed by atoms with Gasteiger partial charge in [0.2, 0.25) is 10.0 Å². The number of morpholine rings is 1. The highest BCUT2D eigenvalue weighted by Gasteiger charge is 2.29. The van der Waals surface area contributed by atoms with Crippen molar-refractivity contribution >= 4 is 33.0 Å². The number of thiophene rings is 1. The number of carbonyl (C=O) groups excluding carboxylic acids is 1. The Labute approximate surface area is 180 Å². The second-order valence-electron chi connectivity index (χ2n) is 7.59. The topological polar surface area (TPSA) is 75.7 Å². The number of ether oxygens (including phenoxy) is 1. The van der Waals surface area contributed by atoms with Crippen LogP contribution >= 0.6 is 11.3 Å². The minimum absolute atomic E-state index is 0.180. The molecule has 1 saturated heterocycles. The van der Waals surface area contributed by atoms with E-state index in [0.29, 0.717) is 4.88 Å². The lowest BCUT2D eigenvalue weighted by atomic mass is 10.00. The molecule has 9 heteroatoms. The number of aryl methyl sites for hydroxylation is 2. The zero-order valence-corrected chi connectivity index (χ0v) is 18.3. The van der Waals surface area contributed by atoms with Crippen molar-refractivity contribution in [2.75, 3.05) is 31.6 Å². The van der Waals surface area contributed by atoms with Crippen LogP contribution in [-0.4, -0.2) is 44.9 Å². The normalized spacial score (nSPS) is 18.3. The molecule has 1 N–H and O–H groups in total. The zero-order chi connectivity index (χ0) is 21.1. The van der Waals surface area contributed by atoms with Gasteiger partial charge in [0.15, 0.2) is 0 Å². The van der Waals surface area contributed by atoms with Crippen molar-refractivity contribution in [2.45, 2.75) is 43.4 Å². The molecule has 0 atom stereocenters. The standard InChI is InChI=1S/C21H25FN2O4S2/c22-17-8-7-16(14-20(17)30(26,27)24-9-11-28-12-10-24)23-21(25)19-13-15-5-3-1-2-4-6-18(15)29-19/h7-8,13-14H,1-6,9-12H2,(H,23,25). The van der Waals surface area contributed by atoms with E-state index in [9.17, 15) is 17.6 Å². The Morgan fingerprint density at radius 3 is 2.57 bits per heavy atom. The summed E-state index contributed by atoms with van der Waals surface area (Å²) in [5, 5.41) is 2.74. The Morgan fingerprint density at radius 2 is 1.80 bits per heavy atom. The van der Waals surface area contributed by atoms with Crippen LogP contribution in [0.25, 0.3) is 0 Å². The van der Waals surface area contributed by atoms with Crippen molar-refractivity contribution in [1.82, 2.24) is 4.31 Å². The number of halogens is 1. The van der Waals surface area contributed by atoms with Gasteiger partial charge in [-0.1, -0.05) is 12.8 Å². The van der Waals surface area contributed by atoms with E-state index in [-0.39, 0.29) is 37.9 Å². The van der Waals surface area contributed by atoms with Gasteiger partial charge in [-0.15, -0.1) is 11.3 Å². The number of benzene rings is 1. The first-order chi connectivity index (χ1) is 14.4. The molecule has 6 nitrogen and oxygen atoms in total. The molecule has 4 rings (SSSR count). The minimum Gasteiger partial charge on any atom is -0.379 e. The predicted molar refractivity (Wildman–Crippen MR) is 114 cm³/mol. The molecular formula is C21H25FN2O4S2. The third kappa shape index (κ3) is 4.59. The lowest BCUT2D eigenvalue weighted by molar-refractivity contribution is 0.0729. The maximum Gasteiger partial charge on any atom is 0.265 e. The second kappa shape index (κ2) is 9.13. The van der Waals surface area contributed by atoms with E-state index < -0.39 is 20.7 Å². The summed E-state index contributed by atoms with van der Waals surface area (Å²) in [5.41, 5.74) is 1.49. The van der Waals surface area contributed by atoms with E-state index in [2.05, 4.69) is 5.32 Å². The number of nitrogens with one attached hydrogen (secondary N) is 1. The number of rotatable bonds is 4. The first kappa shape index (κ1) is 21.4. The Kier molecular flexibility index (Phi) is 6.52. The summed E-state index contributed by atoms with van der Waals surface area (Å²) in [6.07, 6.45) is 6.67. The van der Waals surface area contributed by atoms with Crippen LogP contribution in [0.15, 0.2) is 29.2 Å². The molecular weight excluding hydrogens is 427 g/mol. The highest BCUT2D eigenvalue weighted by Crippen LogP contribution is 2.30. The van der Waals surface area contributed by atoms with E-state index in [0.717, 1.165) is 31.7 Å². The summed E-state index contributed by atoms with van der Waals surface area (Å²) in [4.78, 5) is 14.2. The fraction of sp³-hybridized carbons (Fsp3) is 0.476. The number of nitrogens with zero attached hydrogens (tertiary/aromatic N) is 1. The van der Waals surface area contributed by atoms with Crippen LogP contribution < -0.4 is 5.32 Å². The highest BCUT2D eigenvalue weighted by molar-refractivity contribution is 7.89. The summed E-state index contributed by atoms with van der Waals surface area (Å²) < 4.78 is 46.4. The maximum absolute atomic E-state index is 14.4. The summed E-state index contributed by atoms with van der Waals surface area (Å²) in [6.45, 7) is 0.916. The number of anilines is 1. The molecule has 1 aromatic heterocycles. The largest absolute Gasteiger partial charge is 0.379 e. The molecule has 2 heterocycles. The van der Waals surface area contributed by atoms with E-state index in [1.807, 2.05) is 6.07 Å². The van der Waals surface area contributed by atoms with Gasteiger partial charge in [0.1, 0.15) is 10.7 Å². The first-order valence-corrected chi connectivity index (χ1v) is 12.5. The zero-order valence-electron chi connectivity index (χ0n) is 16.7. The molecule has 1 fully saturated rings. The molecule has 1 aromatic carbocycles. The molecule has 2 aromatic rings. The average Bonchev–Trinajstić information content (AvgIpc) is 3.12. The van der Waals surface area contributed by atoms with E-state index in [4.69, 9.17) is 4.74 Å². The number of carbonyl (C=O) groups is 1. The Hall–Kier alpha value is -1.81. The van der Waals surface area contributed by atoms with Gasteiger partial charge in [0.25, 0.3) is 5.91 Å². The quantitative estimate of drug-likeness (QED) is 0.765. The van der Waals surface area contributed by atoms with Gasteiger partial charge in [-0.2, -0.15) is 4.31 Å². The van der Waals surface area contributed by atoms with Crippen LogP contribution in [0.3, 0.4) is 0 Å². The van der Waals surface area contributed by atoms with Crippen molar-refractivity contribution < 1.29 is 22.3 Å². The van der Waals surface area contributed by atoms with Gasteiger partial charge in [-0.25, -0.2) is 12.8 Å². The summed E-state index contributed by atoms with van der Waals surface area (Å²) in [7, 11) is -4.00. The number of hydrogen-bond acceptors (Lipinski definition) is 5. The number of sulfonamides is 1. The van der Waals surface area contributed by atoms with Crippen molar-refractivity contribution in [3.8, 4) is 0 Å².